The van der Waals surface area contributed by atoms with Crippen LogP contribution in [0, 0.1) is 24.1 Å². The molecule has 72 valence electrons. The molecule has 2 nitrogen and oxygen atoms in total. The van der Waals surface area contributed by atoms with Crippen molar-refractivity contribution >= 4 is 5.70 Å². The SMILES string of the molecule is C/C(C#N)=C(/N)c1cc(C)ccc1F. The van der Waals surface area contributed by atoms with Crippen molar-refractivity contribution in [2.24, 2.45) is 5.73 Å². The minimum atomic E-state index is -0.400. The molecule has 0 amide bonds. The Hall–Kier alpha value is -1.82. The molecule has 0 bridgehead atoms. The summed E-state index contributed by atoms with van der Waals surface area (Å²) < 4.78 is 13.3. The normalized spacial score (nSPS) is 11.9. The van der Waals surface area contributed by atoms with Gasteiger partial charge in [0, 0.05) is 5.56 Å². The molecule has 0 fully saturated rings. The van der Waals surface area contributed by atoms with Crippen molar-refractivity contribution in [1.82, 2.24) is 0 Å². The van der Waals surface area contributed by atoms with Gasteiger partial charge in [0.1, 0.15) is 5.82 Å². The number of nitrogens with zero attached hydrogens (tertiary/aromatic N) is 1. The van der Waals surface area contributed by atoms with Crippen LogP contribution in [-0.4, -0.2) is 0 Å². The van der Waals surface area contributed by atoms with Crippen LogP contribution in [0.2, 0.25) is 0 Å². The standard InChI is InChI=1S/C11H11FN2/c1-7-3-4-10(12)9(5-7)11(14)8(2)6-13/h3-5H,14H2,1-2H3/b11-8-. The summed E-state index contributed by atoms with van der Waals surface area (Å²) >= 11 is 0. The topological polar surface area (TPSA) is 49.8 Å². The highest BCUT2D eigenvalue weighted by atomic mass is 19.1. The fourth-order valence-corrected chi connectivity index (χ4v) is 1.11. The Kier molecular flexibility index (Phi) is 2.88. The second kappa shape index (κ2) is 3.93. The molecule has 0 aliphatic rings. The lowest BCUT2D eigenvalue weighted by atomic mass is 10.1. The first-order valence-electron chi connectivity index (χ1n) is 4.19. The van der Waals surface area contributed by atoms with Crippen LogP contribution in [0.25, 0.3) is 5.70 Å². The first-order valence-corrected chi connectivity index (χ1v) is 4.19. The Morgan fingerprint density at radius 3 is 2.71 bits per heavy atom. The predicted molar refractivity (Wildman–Crippen MR) is 53.5 cm³/mol. The minimum absolute atomic E-state index is 0.203. The maximum Gasteiger partial charge on any atom is 0.132 e. The third kappa shape index (κ3) is 1.91. The zero-order valence-corrected chi connectivity index (χ0v) is 8.13. The van der Waals surface area contributed by atoms with Crippen molar-refractivity contribution in [3.63, 3.8) is 0 Å². The highest BCUT2D eigenvalue weighted by Gasteiger charge is 2.07. The molecule has 0 saturated carbocycles. The van der Waals surface area contributed by atoms with Crippen molar-refractivity contribution in [1.29, 1.82) is 5.26 Å². The first-order chi connectivity index (χ1) is 6.56. The average Bonchev–Trinajstić information content (AvgIpc) is 2.19. The van der Waals surface area contributed by atoms with Gasteiger partial charge in [-0.25, -0.2) is 4.39 Å². The number of hydrogen-bond acceptors (Lipinski definition) is 2. The number of allylic oxidation sites excluding steroid dienone is 1. The Labute approximate surface area is 82.5 Å². The largest absolute Gasteiger partial charge is 0.397 e. The Morgan fingerprint density at radius 2 is 2.14 bits per heavy atom. The van der Waals surface area contributed by atoms with Crippen LogP contribution >= 0.6 is 0 Å². The van der Waals surface area contributed by atoms with Crippen LogP contribution in [0.5, 0.6) is 0 Å². The summed E-state index contributed by atoms with van der Waals surface area (Å²) in [6.07, 6.45) is 0. The molecule has 14 heavy (non-hydrogen) atoms. The van der Waals surface area contributed by atoms with E-state index >= 15 is 0 Å². The van der Waals surface area contributed by atoms with Crippen molar-refractivity contribution in [3.05, 3.63) is 40.7 Å². The molecule has 0 radical (unpaired) electrons. The van der Waals surface area contributed by atoms with Gasteiger partial charge in [0.05, 0.1) is 17.3 Å². The molecule has 3 heteroatoms. The van der Waals surface area contributed by atoms with Crippen LogP contribution in [0.4, 0.5) is 4.39 Å². The predicted octanol–water partition coefficient (Wildman–Crippen LogP) is 2.35. The summed E-state index contributed by atoms with van der Waals surface area (Å²) in [5.74, 6) is -0.400. The first kappa shape index (κ1) is 10.3. The Morgan fingerprint density at radius 1 is 1.50 bits per heavy atom. The lowest BCUT2D eigenvalue weighted by molar-refractivity contribution is 0.623. The number of halogens is 1. The van der Waals surface area contributed by atoms with Crippen molar-refractivity contribution in [3.8, 4) is 6.07 Å². The molecule has 0 aromatic heterocycles. The van der Waals surface area contributed by atoms with E-state index < -0.39 is 5.82 Å². The zero-order chi connectivity index (χ0) is 10.7. The number of aryl methyl sites for hydroxylation is 1. The molecule has 1 rings (SSSR count). The maximum atomic E-state index is 13.3. The van der Waals surface area contributed by atoms with Gasteiger partial charge >= 0.3 is 0 Å². The van der Waals surface area contributed by atoms with Gasteiger partial charge in [-0.05, 0) is 26.0 Å². The van der Waals surface area contributed by atoms with Crippen molar-refractivity contribution in [2.75, 3.05) is 0 Å². The van der Waals surface area contributed by atoms with E-state index in [0.717, 1.165) is 5.56 Å². The van der Waals surface area contributed by atoms with Gasteiger partial charge < -0.3 is 5.73 Å². The molecule has 0 atom stereocenters. The van der Waals surface area contributed by atoms with E-state index in [-0.39, 0.29) is 5.70 Å². The lowest BCUT2D eigenvalue weighted by Crippen LogP contribution is -2.02. The van der Waals surface area contributed by atoms with E-state index in [2.05, 4.69) is 0 Å². The molecule has 0 saturated heterocycles. The second-order valence-electron chi connectivity index (χ2n) is 3.13. The van der Waals surface area contributed by atoms with Gasteiger partial charge in [-0.15, -0.1) is 0 Å². The number of hydrogen-bond donors (Lipinski definition) is 1. The van der Waals surface area contributed by atoms with E-state index in [1.54, 1.807) is 19.1 Å². The van der Waals surface area contributed by atoms with Gasteiger partial charge in [-0.2, -0.15) is 5.26 Å². The molecule has 0 unspecified atom stereocenters. The van der Waals surface area contributed by atoms with Crippen LogP contribution in [-0.2, 0) is 0 Å². The van der Waals surface area contributed by atoms with Crippen molar-refractivity contribution in [2.45, 2.75) is 13.8 Å². The summed E-state index contributed by atoms with van der Waals surface area (Å²) in [4.78, 5) is 0. The molecule has 0 spiro atoms. The summed E-state index contributed by atoms with van der Waals surface area (Å²) in [7, 11) is 0. The quantitative estimate of drug-likeness (QED) is 0.691. The highest BCUT2D eigenvalue weighted by Crippen LogP contribution is 2.18. The van der Waals surface area contributed by atoms with Crippen LogP contribution in [0.3, 0.4) is 0 Å². The average molecular weight is 190 g/mol. The summed E-state index contributed by atoms with van der Waals surface area (Å²) in [5.41, 5.74) is 7.37. The third-order valence-corrected chi connectivity index (χ3v) is 1.98. The number of nitrogens with two attached hydrogens (primary N) is 1. The van der Waals surface area contributed by atoms with Gasteiger partial charge in [0.2, 0.25) is 0 Å². The van der Waals surface area contributed by atoms with E-state index in [1.165, 1.54) is 6.07 Å². The fourth-order valence-electron chi connectivity index (χ4n) is 1.11. The van der Waals surface area contributed by atoms with E-state index in [4.69, 9.17) is 11.0 Å². The van der Waals surface area contributed by atoms with E-state index in [1.807, 2.05) is 13.0 Å². The van der Waals surface area contributed by atoms with Crippen LogP contribution < -0.4 is 5.73 Å². The van der Waals surface area contributed by atoms with E-state index in [9.17, 15) is 4.39 Å². The number of rotatable bonds is 1. The molecule has 0 aliphatic carbocycles. The van der Waals surface area contributed by atoms with Crippen LogP contribution in [0.1, 0.15) is 18.1 Å². The Bertz CT molecular complexity index is 427. The highest BCUT2D eigenvalue weighted by molar-refractivity contribution is 5.69. The molecule has 0 heterocycles. The molecule has 1 aromatic carbocycles. The molecular weight excluding hydrogens is 179 g/mol. The van der Waals surface area contributed by atoms with Gasteiger partial charge in [0.15, 0.2) is 0 Å². The second-order valence-corrected chi connectivity index (χ2v) is 3.13. The fraction of sp³-hybridized carbons (Fsp3) is 0.182. The molecular formula is C11H11FN2. The van der Waals surface area contributed by atoms with Crippen molar-refractivity contribution < 1.29 is 4.39 Å². The molecule has 0 aliphatic heterocycles. The maximum absolute atomic E-state index is 13.3. The Balaban J connectivity index is 3.34. The van der Waals surface area contributed by atoms with Gasteiger partial charge in [0.25, 0.3) is 0 Å². The third-order valence-electron chi connectivity index (χ3n) is 1.98. The summed E-state index contributed by atoms with van der Waals surface area (Å²) in [6, 6.07) is 6.54. The van der Waals surface area contributed by atoms with Gasteiger partial charge in [-0.1, -0.05) is 11.6 Å². The number of benzene rings is 1. The monoisotopic (exact) mass is 190 g/mol. The van der Waals surface area contributed by atoms with Gasteiger partial charge in [-0.3, -0.25) is 0 Å². The summed E-state index contributed by atoms with van der Waals surface area (Å²) in [6.45, 7) is 3.41. The number of nitriles is 1. The minimum Gasteiger partial charge on any atom is -0.397 e. The van der Waals surface area contributed by atoms with E-state index in [0.29, 0.717) is 11.1 Å². The molecule has 1 aromatic rings. The molecule has 2 N–H and O–H groups in total. The smallest absolute Gasteiger partial charge is 0.132 e. The lowest BCUT2D eigenvalue weighted by Gasteiger charge is -2.05. The summed E-state index contributed by atoms with van der Waals surface area (Å²) in [5, 5.41) is 8.62. The van der Waals surface area contributed by atoms with Crippen LogP contribution in [0.15, 0.2) is 23.8 Å². The zero-order valence-electron chi connectivity index (χ0n) is 8.13.